The molecule has 2 aromatic heterocycles. The molecule has 0 aliphatic carbocycles. The van der Waals surface area contributed by atoms with E-state index >= 15 is 0 Å². The van der Waals surface area contributed by atoms with Gasteiger partial charge in [0.1, 0.15) is 18.5 Å². The van der Waals surface area contributed by atoms with Crippen molar-refractivity contribution in [1.82, 2.24) is 20.3 Å². The molecule has 0 bridgehead atoms. The molecule has 0 saturated carbocycles. The molecule has 3 rings (SSSR count). The number of hydrogen-bond donors (Lipinski definition) is 6. The van der Waals surface area contributed by atoms with E-state index in [1.165, 1.54) is 6.33 Å². The first-order valence-electron chi connectivity index (χ1n) is 9.07. The average Bonchev–Trinajstić information content (AvgIpc) is 3.15. The molecule has 2 heterocycles. The molecule has 162 valence electrons. The van der Waals surface area contributed by atoms with Crippen molar-refractivity contribution in [2.24, 2.45) is 0 Å². The highest BCUT2D eigenvalue weighted by molar-refractivity contribution is 7.46. The zero-order valence-corrected chi connectivity index (χ0v) is 16.8. The highest BCUT2D eigenvalue weighted by atomic mass is 31.2. The molecule has 11 nitrogen and oxygen atoms in total. The van der Waals surface area contributed by atoms with E-state index in [2.05, 4.69) is 24.8 Å². The minimum Gasteiger partial charge on any atom is -0.471 e. The van der Waals surface area contributed by atoms with Crippen LogP contribution in [0.2, 0.25) is 0 Å². The smallest absolute Gasteiger partial charge is 0.469 e. The molecule has 0 aliphatic heterocycles. The summed E-state index contributed by atoms with van der Waals surface area (Å²) in [5.41, 5.74) is 2.95. The minimum atomic E-state index is -4.71. The molecule has 0 amide bonds. The summed E-state index contributed by atoms with van der Waals surface area (Å²) in [5.74, 6) is 0.392. The number of phosphoric ester groups is 1. The Morgan fingerprint density at radius 1 is 1.20 bits per heavy atom. The third-order valence-electron chi connectivity index (χ3n) is 4.36. The number of phosphoric acid groups is 1. The van der Waals surface area contributed by atoms with Crippen LogP contribution >= 0.6 is 7.82 Å². The van der Waals surface area contributed by atoms with Gasteiger partial charge in [-0.2, -0.15) is 4.98 Å². The van der Waals surface area contributed by atoms with Gasteiger partial charge in [-0.25, -0.2) is 9.55 Å². The number of aromatic amines is 1. The number of aliphatic hydroxyl groups is 2. The number of nitrogens with zero attached hydrogens (tertiary/aromatic N) is 2. The molecule has 0 spiro atoms. The lowest BCUT2D eigenvalue weighted by Gasteiger charge is -2.22. The van der Waals surface area contributed by atoms with Gasteiger partial charge in [-0.3, -0.25) is 4.52 Å². The van der Waals surface area contributed by atoms with Gasteiger partial charge in [-0.05, 0) is 5.56 Å². The third-order valence-corrected chi connectivity index (χ3v) is 4.84. The Kier molecular flexibility index (Phi) is 7.51. The van der Waals surface area contributed by atoms with E-state index in [9.17, 15) is 14.8 Å². The van der Waals surface area contributed by atoms with Gasteiger partial charge in [0.05, 0.1) is 30.9 Å². The molecular weight excluding hydrogens is 415 g/mol. The van der Waals surface area contributed by atoms with Gasteiger partial charge in [0.15, 0.2) is 0 Å². The number of nitrogens with one attached hydrogen (secondary N) is 2. The Morgan fingerprint density at radius 2 is 1.97 bits per heavy atom. The fraction of sp³-hybridized carbons (Fsp3) is 0.333. The Hall–Kier alpha value is -2.37. The van der Waals surface area contributed by atoms with Crippen LogP contribution < -0.4 is 10.1 Å². The second kappa shape index (κ2) is 10.1. The maximum absolute atomic E-state index is 10.8. The first kappa shape index (κ1) is 22.3. The number of fused-ring (bicyclic) bond motifs is 1. The predicted octanol–water partition coefficient (Wildman–Crippen LogP) is 0.458. The molecule has 30 heavy (non-hydrogen) atoms. The standard InChI is InChI=1S/C18H23N4O7P/c23-8-14(15(24)10-29-30(25,26)27)19-6-13-7-20-17-16(13)21-11-22-18(17)28-9-12-4-2-1-3-5-12/h1-5,7,11,14-15,19-20,23-24H,6,8-10H2,(H2,25,26,27)/t14-,15-/m1/s1. The van der Waals surface area contributed by atoms with Crippen LogP contribution in [0.3, 0.4) is 0 Å². The van der Waals surface area contributed by atoms with Crippen LogP contribution in [-0.4, -0.2) is 60.3 Å². The lowest BCUT2D eigenvalue weighted by Crippen LogP contribution is -2.44. The SMILES string of the molecule is O=P(O)(O)OC[C@@H](O)[C@@H](CO)NCc1c[nH]c2c(OCc3ccccc3)ncnc12. The second-order valence-electron chi connectivity index (χ2n) is 6.51. The molecule has 0 saturated heterocycles. The molecule has 3 aromatic rings. The molecule has 0 aliphatic rings. The number of aliphatic hydroxyl groups excluding tert-OH is 2. The maximum Gasteiger partial charge on any atom is 0.469 e. The Labute approximate surface area is 172 Å². The van der Waals surface area contributed by atoms with E-state index in [0.29, 0.717) is 23.5 Å². The number of ether oxygens (including phenoxy) is 1. The monoisotopic (exact) mass is 438 g/mol. The van der Waals surface area contributed by atoms with Crippen LogP contribution in [0.1, 0.15) is 11.1 Å². The van der Waals surface area contributed by atoms with Crippen molar-refractivity contribution < 1.29 is 33.8 Å². The maximum atomic E-state index is 10.8. The summed E-state index contributed by atoms with van der Waals surface area (Å²) < 4.78 is 20.8. The highest BCUT2D eigenvalue weighted by Crippen LogP contribution is 2.35. The van der Waals surface area contributed by atoms with Gasteiger partial charge in [-0.15, -0.1) is 0 Å². The molecule has 6 N–H and O–H groups in total. The molecule has 12 heteroatoms. The molecular formula is C18H23N4O7P. The highest BCUT2D eigenvalue weighted by Gasteiger charge is 2.23. The van der Waals surface area contributed by atoms with Crippen molar-refractivity contribution in [3.8, 4) is 5.88 Å². The van der Waals surface area contributed by atoms with Crippen molar-refractivity contribution in [2.75, 3.05) is 13.2 Å². The molecule has 0 unspecified atom stereocenters. The van der Waals surface area contributed by atoms with E-state index in [4.69, 9.17) is 14.5 Å². The second-order valence-corrected chi connectivity index (χ2v) is 7.75. The predicted molar refractivity (Wildman–Crippen MR) is 106 cm³/mol. The largest absolute Gasteiger partial charge is 0.471 e. The Bertz CT molecular complexity index is 995. The van der Waals surface area contributed by atoms with Gasteiger partial charge in [0, 0.05) is 18.3 Å². The van der Waals surface area contributed by atoms with Crippen molar-refractivity contribution >= 4 is 18.9 Å². The molecule has 2 atom stereocenters. The summed E-state index contributed by atoms with van der Waals surface area (Å²) in [6.07, 6.45) is 1.76. The summed E-state index contributed by atoms with van der Waals surface area (Å²) in [7, 11) is -4.71. The quantitative estimate of drug-likeness (QED) is 0.231. The van der Waals surface area contributed by atoms with Crippen LogP contribution in [0, 0.1) is 0 Å². The van der Waals surface area contributed by atoms with Crippen molar-refractivity contribution in [3.05, 3.63) is 54.0 Å². The Morgan fingerprint density at radius 3 is 2.67 bits per heavy atom. The zero-order chi connectivity index (χ0) is 21.6. The van der Waals surface area contributed by atoms with Crippen LogP contribution in [-0.2, 0) is 22.2 Å². The average molecular weight is 438 g/mol. The third kappa shape index (κ3) is 6.07. The molecule has 1 aromatic carbocycles. The zero-order valence-electron chi connectivity index (χ0n) is 15.9. The fourth-order valence-corrected chi connectivity index (χ4v) is 3.14. The van der Waals surface area contributed by atoms with Gasteiger partial charge in [0.2, 0.25) is 5.88 Å². The van der Waals surface area contributed by atoms with E-state index in [1.54, 1.807) is 6.20 Å². The van der Waals surface area contributed by atoms with Gasteiger partial charge < -0.3 is 35.0 Å². The number of rotatable bonds is 11. The Balaban J connectivity index is 1.64. The number of aromatic nitrogens is 3. The lowest BCUT2D eigenvalue weighted by atomic mass is 10.1. The van der Waals surface area contributed by atoms with Crippen LogP contribution in [0.5, 0.6) is 5.88 Å². The number of benzene rings is 1. The number of hydrogen-bond acceptors (Lipinski definition) is 8. The first-order chi connectivity index (χ1) is 14.4. The topological polar surface area (TPSA) is 170 Å². The van der Waals surface area contributed by atoms with Gasteiger partial charge in [0.25, 0.3) is 0 Å². The molecule has 0 radical (unpaired) electrons. The van der Waals surface area contributed by atoms with Crippen molar-refractivity contribution in [3.63, 3.8) is 0 Å². The lowest BCUT2D eigenvalue weighted by molar-refractivity contribution is 0.0381. The van der Waals surface area contributed by atoms with E-state index in [1.807, 2.05) is 30.3 Å². The summed E-state index contributed by atoms with van der Waals surface area (Å²) in [4.78, 5) is 28.9. The first-order valence-corrected chi connectivity index (χ1v) is 10.6. The van der Waals surface area contributed by atoms with Gasteiger partial charge >= 0.3 is 7.82 Å². The summed E-state index contributed by atoms with van der Waals surface area (Å²) in [6, 6.07) is 8.79. The summed E-state index contributed by atoms with van der Waals surface area (Å²) >= 11 is 0. The van der Waals surface area contributed by atoms with Crippen LogP contribution in [0.4, 0.5) is 0 Å². The van der Waals surface area contributed by atoms with Crippen LogP contribution in [0.25, 0.3) is 11.0 Å². The normalized spacial score (nSPS) is 14.0. The summed E-state index contributed by atoms with van der Waals surface area (Å²) in [5, 5.41) is 22.4. The molecule has 0 fully saturated rings. The number of H-pyrrole nitrogens is 1. The van der Waals surface area contributed by atoms with Crippen LogP contribution in [0.15, 0.2) is 42.9 Å². The minimum absolute atomic E-state index is 0.216. The summed E-state index contributed by atoms with van der Waals surface area (Å²) in [6.45, 7) is -0.532. The van der Waals surface area contributed by atoms with E-state index in [-0.39, 0.29) is 6.54 Å². The van der Waals surface area contributed by atoms with Crippen molar-refractivity contribution in [2.45, 2.75) is 25.3 Å². The van der Waals surface area contributed by atoms with E-state index in [0.717, 1.165) is 11.1 Å². The van der Waals surface area contributed by atoms with E-state index < -0.39 is 33.2 Å². The van der Waals surface area contributed by atoms with Gasteiger partial charge in [-0.1, -0.05) is 30.3 Å². The van der Waals surface area contributed by atoms with Crippen molar-refractivity contribution in [1.29, 1.82) is 0 Å². The fourth-order valence-electron chi connectivity index (χ4n) is 2.79.